The molecule has 1 aliphatic rings. The van der Waals surface area contributed by atoms with E-state index in [2.05, 4.69) is 22.4 Å². The molecule has 1 N–H and O–H groups in total. The van der Waals surface area contributed by atoms with Gasteiger partial charge in [-0.05, 0) is 43.1 Å². The molecule has 0 unspecified atom stereocenters. The Kier molecular flexibility index (Phi) is 4.41. The highest BCUT2D eigenvalue weighted by Crippen LogP contribution is 2.25. The number of pyridine rings is 1. The Bertz CT molecular complexity index is 604. The number of benzene rings is 1. The van der Waals surface area contributed by atoms with Crippen molar-refractivity contribution in [2.45, 2.75) is 19.3 Å². The van der Waals surface area contributed by atoms with Gasteiger partial charge in [0.25, 0.3) is 0 Å². The molecule has 0 saturated carbocycles. The second-order valence-corrected chi connectivity index (χ2v) is 5.57. The van der Waals surface area contributed by atoms with E-state index >= 15 is 0 Å². The van der Waals surface area contributed by atoms with Crippen molar-refractivity contribution in [2.75, 3.05) is 13.1 Å². The molecule has 3 nitrogen and oxygen atoms in total. The van der Waals surface area contributed by atoms with E-state index in [9.17, 15) is 4.79 Å². The lowest BCUT2D eigenvalue weighted by Gasteiger charge is -2.21. The first kappa shape index (κ1) is 14.0. The summed E-state index contributed by atoms with van der Waals surface area (Å²) in [6, 6.07) is 12.1. The van der Waals surface area contributed by atoms with Crippen LogP contribution in [-0.4, -0.2) is 23.9 Å². The van der Waals surface area contributed by atoms with Crippen molar-refractivity contribution in [2.24, 2.45) is 5.92 Å². The molecule has 0 aliphatic carbocycles. The Balaban J connectivity index is 1.81. The second kappa shape index (κ2) is 6.64. The van der Waals surface area contributed by atoms with Gasteiger partial charge >= 0.3 is 0 Å². The minimum Gasteiger partial charge on any atom is -0.317 e. The minimum absolute atomic E-state index is 0.216. The van der Waals surface area contributed by atoms with Crippen molar-refractivity contribution in [3.63, 3.8) is 0 Å². The fourth-order valence-corrected chi connectivity index (χ4v) is 2.95. The summed E-state index contributed by atoms with van der Waals surface area (Å²) >= 11 is 0. The molecule has 108 valence electrons. The lowest BCUT2D eigenvalue weighted by Crippen LogP contribution is -2.32. The maximum Gasteiger partial charge on any atom is 0.140 e. The highest BCUT2D eigenvalue weighted by atomic mass is 16.1. The molecule has 1 aromatic carbocycles. The van der Waals surface area contributed by atoms with Gasteiger partial charge in [0.15, 0.2) is 0 Å². The molecule has 1 aromatic heterocycles. The van der Waals surface area contributed by atoms with E-state index in [0.717, 1.165) is 42.6 Å². The third-order valence-corrected chi connectivity index (χ3v) is 4.15. The monoisotopic (exact) mass is 280 g/mol. The lowest BCUT2D eigenvalue weighted by molar-refractivity contribution is -0.122. The van der Waals surface area contributed by atoms with Crippen LogP contribution in [0.2, 0.25) is 0 Å². The molecule has 1 aliphatic heterocycles. The first-order valence-electron chi connectivity index (χ1n) is 7.56. The minimum atomic E-state index is 0.216. The van der Waals surface area contributed by atoms with Gasteiger partial charge in [0, 0.05) is 30.3 Å². The molecule has 1 saturated heterocycles. The van der Waals surface area contributed by atoms with Crippen LogP contribution in [0.25, 0.3) is 11.1 Å². The van der Waals surface area contributed by atoms with E-state index < -0.39 is 0 Å². The van der Waals surface area contributed by atoms with Gasteiger partial charge in [-0.1, -0.05) is 30.3 Å². The van der Waals surface area contributed by atoms with Crippen LogP contribution in [0, 0.1) is 5.92 Å². The molecule has 2 heterocycles. The summed E-state index contributed by atoms with van der Waals surface area (Å²) in [5.74, 6) is 0.584. The first-order chi connectivity index (χ1) is 10.3. The summed E-state index contributed by atoms with van der Waals surface area (Å²) in [6.45, 7) is 1.92. The number of hydrogen-bond acceptors (Lipinski definition) is 3. The van der Waals surface area contributed by atoms with Gasteiger partial charge in [-0.3, -0.25) is 9.78 Å². The molecule has 3 heteroatoms. The summed E-state index contributed by atoms with van der Waals surface area (Å²) in [5.41, 5.74) is 3.30. The summed E-state index contributed by atoms with van der Waals surface area (Å²) < 4.78 is 0. The topological polar surface area (TPSA) is 42.0 Å². The van der Waals surface area contributed by atoms with Crippen LogP contribution in [0.1, 0.15) is 18.4 Å². The highest BCUT2D eigenvalue weighted by molar-refractivity contribution is 5.85. The van der Waals surface area contributed by atoms with E-state index in [1.54, 1.807) is 6.20 Å². The van der Waals surface area contributed by atoms with Gasteiger partial charge in [0.05, 0.1) is 0 Å². The van der Waals surface area contributed by atoms with Crippen molar-refractivity contribution in [1.82, 2.24) is 10.3 Å². The third-order valence-electron chi connectivity index (χ3n) is 4.15. The Morgan fingerprint density at radius 1 is 1.14 bits per heavy atom. The van der Waals surface area contributed by atoms with Crippen LogP contribution in [0.3, 0.4) is 0 Å². The van der Waals surface area contributed by atoms with E-state index in [1.807, 2.05) is 30.5 Å². The predicted octanol–water partition coefficient (Wildman–Crippen LogP) is 2.86. The standard InChI is InChI=1S/C18H20N2O/c21-18(14-7-10-19-11-8-14)12-15-4-1-2-6-17(15)16-5-3-9-20-13-16/h1-6,9,13-14,19H,7-8,10-12H2. The van der Waals surface area contributed by atoms with E-state index in [4.69, 9.17) is 0 Å². The van der Waals surface area contributed by atoms with Crippen LogP contribution < -0.4 is 5.32 Å². The molecule has 0 amide bonds. The summed E-state index contributed by atoms with van der Waals surface area (Å²) in [4.78, 5) is 16.7. The number of aromatic nitrogens is 1. The molecule has 0 spiro atoms. The number of carbonyl (C=O) groups excluding carboxylic acids is 1. The van der Waals surface area contributed by atoms with Gasteiger partial charge < -0.3 is 5.32 Å². The van der Waals surface area contributed by atoms with Crippen molar-refractivity contribution < 1.29 is 4.79 Å². The van der Waals surface area contributed by atoms with Crippen molar-refractivity contribution in [1.29, 1.82) is 0 Å². The van der Waals surface area contributed by atoms with Crippen LogP contribution >= 0.6 is 0 Å². The van der Waals surface area contributed by atoms with Crippen LogP contribution in [0.4, 0.5) is 0 Å². The molecule has 0 radical (unpaired) electrons. The zero-order valence-corrected chi connectivity index (χ0v) is 12.1. The Morgan fingerprint density at radius 3 is 2.71 bits per heavy atom. The highest BCUT2D eigenvalue weighted by Gasteiger charge is 2.21. The molecular weight excluding hydrogens is 260 g/mol. The number of Topliss-reactive ketones (excluding diaryl/α,β-unsaturated/α-hetero) is 1. The first-order valence-corrected chi connectivity index (χ1v) is 7.56. The van der Waals surface area contributed by atoms with Crippen LogP contribution in [-0.2, 0) is 11.2 Å². The third kappa shape index (κ3) is 3.37. The van der Waals surface area contributed by atoms with Crippen molar-refractivity contribution in [3.8, 4) is 11.1 Å². The van der Waals surface area contributed by atoms with Crippen molar-refractivity contribution in [3.05, 3.63) is 54.4 Å². The maximum absolute atomic E-state index is 12.5. The lowest BCUT2D eigenvalue weighted by atomic mass is 9.88. The van der Waals surface area contributed by atoms with Gasteiger partial charge in [0.1, 0.15) is 5.78 Å². The fourth-order valence-electron chi connectivity index (χ4n) is 2.95. The molecule has 21 heavy (non-hydrogen) atoms. The summed E-state index contributed by atoms with van der Waals surface area (Å²) in [5, 5.41) is 3.31. The molecule has 0 atom stereocenters. The van der Waals surface area contributed by atoms with Crippen LogP contribution in [0.5, 0.6) is 0 Å². The normalized spacial score (nSPS) is 15.8. The summed E-state index contributed by atoms with van der Waals surface area (Å²) in [7, 11) is 0. The average molecular weight is 280 g/mol. The van der Waals surface area contributed by atoms with E-state index in [1.165, 1.54) is 0 Å². The average Bonchev–Trinajstić information content (AvgIpc) is 2.57. The Morgan fingerprint density at radius 2 is 1.95 bits per heavy atom. The largest absolute Gasteiger partial charge is 0.317 e. The zero-order chi connectivity index (χ0) is 14.5. The molecule has 2 aromatic rings. The molecule has 1 fully saturated rings. The SMILES string of the molecule is O=C(Cc1ccccc1-c1cccnc1)C1CCNCC1. The Labute approximate surface area is 125 Å². The fraction of sp³-hybridized carbons (Fsp3) is 0.333. The second-order valence-electron chi connectivity index (χ2n) is 5.57. The quantitative estimate of drug-likeness (QED) is 0.936. The number of nitrogens with zero attached hydrogens (tertiary/aromatic N) is 1. The predicted molar refractivity (Wildman–Crippen MR) is 84.0 cm³/mol. The number of carbonyl (C=O) groups is 1. The van der Waals surface area contributed by atoms with E-state index in [-0.39, 0.29) is 5.92 Å². The number of ketones is 1. The number of nitrogens with one attached hydrogen (secondary N) is 1. The number of hydrogen-bond donors (Lipinski definition) is 1. The van der Waals surface area contributed by atoms with Gasteiger partial charge in [-0.15, -0.1) is 0 Å². The Hall–Kier alpha value is -2.00. The number of rotatable bonds is 4. The maximum atomic E-state index is 12.5. The molecular formula is C18H20N2O. The van der Waals surface area contributed by atoms with Gasteiger partial charge in [-0.2, -0.15) is 0 Å². The molecule has 0 bridgehead atoms. The smallest absolute Gasteiger partial charge is 0.140 e. The zero-order valence-electron chi connectivity index (χ0n) is 12.1. The van der Waals surface area contributed by atoms with Crippen molar-refractivity contribution >= 4 is 5.78 Å². The summed E-state index contributed by atoms with van der Waals surface area (Å²) in [6.07, 6.45) is 6.08. The van der Waals surface area contributed by atoms with Gasteiger partial charge in [-0.25, -0.2) is 0 Å². The number of piperidine rings is 1. The molecule has 3 rings (SSSR count). The van der Waals surface area contributed by atoms with Gasteiger partial charge in [0.2, 0.25) is 0 Å². The van der Waals surface area contributed by atoms with E-state index in [0.29, 0.717) is 12.2 Å². The van der Waals surface area contributed by atoms with Crippen LogP contribution in [0.15, 0.2) is 48.8 Å².